The molecule has 37 heavy (non-hydrogen) atoms. The number of nitrogens with one attached hydrogen (secondary N) is 1. The van der Waals surface area contributed by atoms with Gasteiger partial charge in [-0.05, 0) is 32.3 Å². The number of likely N-dealkylation sites (tertiary alicyclic amines) is 1. The molecule has 1 N–H and O–H groups in total. The number of fused-ring (bicyclic) bond motifs is 1. The highest BCUT2D eigenvalue weighted by Crippen LogP contribution is 2.37. The third kappa shape index (κ3) is 6.06. The summed E-state index contributed by atoms with van der Waals surface area (Å²) in [5.74, 6) is 0.674. The average Bonchev–Trinajstić information content (AvgIpc) is 2.88. The number of ether oxygens (including phenoxy) is 2. The van der Waals surface area contributed by atoms with Crippen molar-refractivity contribution >= 4 is 51.5 Å². The third-order valence-corrected chi connectivity index (χ3v) is 6.82. The normalized spacial score (nSPS) is 14.2. The van der Waals surface area contributed by atoms with Gasteiger partial charge in [-0.3, -0.25) is 4.79 Å². The first kappa shape index (κ1) is 26.9. The molecule has 0 aliphatic carbocycles. The van der Waals surface area contributed by atoms with Crippen LogP contribution in [0.5, 0.6) is 11.5 Å². The zero-order valence-electron chi connectivity index (χ0n) is 20.9. The molecule has 1 amide bonds. The Bertz CT molecular complexity index is 1330. The third-order valence-electron chi connectivity index (χ3n) is 6.04. The largest absolute Gasteiger partial charge is 0.493 e. The number of carbonyl (C=O) groups excluding carboxylic acids is 1. The first-order chi connectivity index (χ1) is 17.7. The lowest BCUT2D eigenvalue weighted by atomic mass is 10.1. The van der Waals surface area contributed by atoms with Crippen molar-refractivity contribution in [2.24, 2.45) is 0 Å². The second-order valence-electron chi connectivity index (χ2n) is 9.04. The Labute approximate surface area is 225 Å². The van der Waals surface area contributed by atoms with Crippen molar-refractivity contribution in [1.29, 1.82) is 0 Å². The van der Waals surface area contributed by atoms with E-state index >= 15 is 0 Å². The number of piperidine rings is 1. The molecule has 11 heteroatoms. The van der Waals surface area contributed by atoms with Crippen molar-refractivity contribution < 1.29 is 18.7 Å². The number of amides is 1. The minimum absolute atomic E-state index is 0.0298. The van der Waals surface area contributed by atoms with Crippen LogP contribution in [0.25, 0.3) is 10.9 Å². The summed E-state index contributed by atoms with van der Waals surface area (Å²) in [5.41, 5.74) is 1.28. The van der Waals surface area contributed by atoms with E-state index in [4.69, 9.17) is 32.7 Å². The van der Waals surface area contributed by atoms with Gasteiger partial charge >= 0.3 is 0 Å². The Hall–Kier alpha value is -3.14. The molecule has 1 aliphatic heterocycles. The SMILES string of the molecule is C=C(CN(C)C)C(=O)N1CCC(Oc2cc3c(Nc4ccc(Cl)c(Cl)c4F)ncnc3cc2OC)CC1. The van der Waals surface area contributed by atoms with E-state index in [0.29, 0.717) is 66.3 Å². The predicted octanol–water partition coefficient (Wildman–Crippen LogP) is 5.32. The van der Waals surface area contributed by atoms with Gasteiger partial charge in [0.15, 0.2) is 17.3 Å². The quantitative estimate of drug-likeness (QED) is 0.302. The number of rotatable bonds is 8. The highest BCUT2D eigenvalue weighted by Gasteiger charge is 2.26. The van der Waals surface area contributed by atoms with Crippen molar-refractivity contribution in [3.05, 3.63) is 58.6 Å². The smallest absolute Gasteiger partial charge is 0.250 e. The number of nitrogens with zero attached hydrogens (tertiary/aromatic N) is 4. The lowest BCUT2D eigenvalue weighted by Crippen LogP contribution is -2.43. The Balaban J connectivity index is 1.53. The molecule has 1 aromatic heterocycles. The zero-order valence-corrected chi connectivity index (χ0v) is 22.4. The number of anilines is 2. The van der Waals surface area contributed by atoms with Crippen LogP contribution in [0.4, 0.5) is 15.9 Å². The number of halogens is 3. The van der Waals surface area contributed by atoms with Crippen molar-refractivity contribution in [2.75, 3.05) is 46.2 Å². The van der Waals surface area contributed by atoms with Gasteiger partial charge in [0.2, 0.25) is 5.91 Å². The molecule has 0 unspecified atom stereocenters. The highest BCUT2D eigenvalue weighted by atomic mass is 35.5. The molecule has 1 fully saturated rings. The number of methoxy groups -OCH3 is 1. The predicted molar refractivity (Wildman–Crippen MR) is 144 cm³/mol. The van der Waals surface area contributed by atoms with Crippen LogP contribution in [0.1, 0.15) is 12.8 Å². The number of hydrogen-bond donors (Lipinski definition) is 1. The number of benzene rings is 2. The van der Waals surface area contributed by atoms with E-state index in [-0.39, 0.29) is 27.7 Å². The van der Waals surface area contributed by atoms with Crippen molar-refractivity contribution in [1.82, 2.24) is 19.8 Å². The van der Waals surface area contributed by atoms with Crippen molar-refractivity contribution in [2.45, 2.75) is 18.9 Å². The summed E-state index contributed by atoms with van der Waals surface area (Å²) in [7, 11) is 5.36. The van der Waals surface area contributed by atoms with E-state index in [0.717, 1.165) is 0 Å². The van der Waals surface area contributed by atoms with E-state index in [1.165, 1.54) is 18.5 Å². The van der Waals surface area contributed by atoms with Gasteiger partial charge in [0.1, 0.15) is 18.2 Å². The summed E-state index contributed by atoms with van der Waals surface area (Å²) in [6.45, 7) is 5.58. The van der Waals surface area contributed by atoms with E-state index < -0.39 is 5.82 Å². The molecule has 196 valence electrons. The number of carbonyl (C=O) groups is 1. The molecule has 2 aromatic carbocycles. The zero-order chi connectivity index (χ0) is 26.7. The molecule has 1 saturated heterocycles. The van der Waals surface area contributed by atoms with Crippen LogP contribution in [0.2, 0.25) is 10.0 Å². The summed E-state index contributed by atoms with van der Waals surface area (Å²) in [4.78, 5) is 25.0. The van der Waals surface area contributed by atoms with Gasteiger partial charge in [0.05, 0.1) is 28.4 Å². The monoisotopic (exact) mass is 547 g/mol. The lowest BCUT2D eigenvalue weighted by Gasteiger charge is -2.33. The second-order valence-corrected chi connectivity index (χ2v) is 9.83. The summed E-state index contributed by atoms with van der Waals surface area (Å²) >= 11 is 11.9. The minimum Gasteiger partial charge on any atom is -0.493 e. The Morgan fingerprint density at radius 2 is 1.95 bits per heavy atom. The molecule has 4 rings (SSSR count). The standard InChI is InChI=1S/C26H28Cl2FN5O3/c1-15(13-33(2)3)26(35)34-9-7-16(8-10-34)37-22-11-17-20(12-21(22)36-4)30-14-31-25(17)32-19-6-5-18(27)23(28)24(19)29/h5-6,11-12,14,16H,1,7-10,13H2,2-4H3,(H,30,31,32). The first-order valence-electron chi connectivity index (χ1n) is 11.7. The van der Waals surface area contributed by atoms with E-state index in [1.54, 1.807) is 19.2 Å². The summed E-state index contributed by atoms with van der Waals surface area (Å²) in [6, 6.07) is 6.50. The van der Waals surface area contributed by atoms with Crippen LogP contribution in [-0.4, -0.2) is 72.6 Å². The molecular weight excluding hydrogens is 520 g/mol. The van der Waals surface area contributed by atoms with Gasteiger partial charge in [0.25, 0.3) is 0 Å². The van der Waals surface area contributed by atoms with Gasteiger partial charge in [-0.15, -0.1) is 0 Å². The van der Waals surface area contributed by atoms with E-state index in [1.807, 2.05) is 23.9 Å². The van der Waals surface area contributed by atoms with Crippen LogP contribution in [-0.2, 0) is 4.79 Å². The van der Waals surface area contributed by atoms with E-state index in [2.05, 4.69) is 21.9 Å². The first-order valence-corrected chi connectivity index (χ1v) is 12.4. The van der Waals surface area contributed by atoms with Crippen LogP contribution >= 0.6 is 23.2 Å². The minimum atomic E-state index is -0.680. The summed E-state index contributed by atoms with van der Waals surface area (Å²) < 4.78 is 26.5. The molecule has 8 nitrogen and oxygen atoms in total. The maximum atomic E-state index is 14.7. The molecule has 1 aliphatic rings. The molecule has 0 spiro atoms. The Kier molecular flexibility index (Phi) is 8.36. The molecule has 0 bridgehead atoms. The van der Waals surface area contributed by atoms with E-state index in [9.17, 15) is 9.18 Å². The highest BCUT2D eigenvalue weighted by molar-refractivity contribution is 6.42. The van der Waals surface area contributed by atoms with Gasteiger partial charge in [-0.25, -0.2) is 14.4 Å². The van der Waals surface area contributed by atoms with Crippen LogP contribution in [0, 0.1) is 5.82 Å². The van der Waals surface area contributed by atoms with Gasteiger partial charge < -0.3 is 24.6 Å². The average molecular weight is 548 g/mol. The lowest BCUT2D eigenvalue weighted by molar-refractivity contribution is -0.129. The van der Waals surface area contributed by atoms with Gasteiger partial charge in [-0.2, -0.15) is 0 Å². The van der Waals surface area contributed by atoms with Crippen LogP contribution < -0.4 is 14.8 Å². The van der Waals surface area contributed by atoms with Gasteiger partial charge in [-0.1, -0.05) is 29.8 Å². The molecule has 0 radical (unpaired) electrons. The van der Waals surface area contributed by atoms with Crippen molar-refractivity contribution in [3.8, 4) is 11.5 Å². The summed E-state index contributed by atoms with van der Waals surface area (Å²) in [6.07, 6.45) is 2.57. The summed E-state index contributed by atoms with van der Waals surface area (Å²) in [5, 5.41) is 3.52. The second kappa shape index (κ2) is 11.5. The molecule has 3 aromatic rings. The molecule has 0 atom stereocenters. The fraction of sp³-hybridized carbons (Fsp3) is 0.346. The topological polar surface area (TPSA) is 79.8 Å². The fourth-order valence-electron chi connectivity index (χ4n) is 4.19. The van der Waals surface area contributed by atoms with Crippen molar-refractivity contribution in [3.63, 3.8) is 0 Å². The Morgan fingerprint density at radius 1 is 1.22 bits per heavy atom. The molecular formula is C26H28Cl2FN5O3. The maximum Gasteiger partial charge on any atom is 0.250 e. The fourth-order valence-corrected chi connectivity index (χ4v) is 4.51. The van der Waals surface area contributed by atoms with Crippen LogP contribution in [0.3, 0.4) is 0 Å². The maximum absolute atomic E-state index is 14.7. The van der Waals surface area contributed by atoms with Crippen LogP contribution in [0.15, 0.2) is 42.7 Å². The number of aromatic nitrogens is 2. The molecule has 2 heterocycles. The van der Waals surface area contributed by atoms with Gasteiger partial charge in [0, 0.05) is 49.5 Å². The Morgan fingerprint density at radius 3 is 2.62 bits per heavy atom. The number of hydrogen-bond acceptors (Lipinski definition) is 7. The molecule has 0 saturated carbocycles. The number of likely N-dealkylation sites (N-methyl/N-ethyl adjacent to an activating group) is 1.